The molecule has 0 amide bonds. The fraction of sp³-hybridized carbons (Fsp3) is 0.571. The van der Waals surface area contributed by atoms with Crippen molar-refractivity contribution in [2.75, 3.05) is 31.8 Å². The number of rotatable bonds is 8. The smallest absolute Gasteiger partial charge is 0.475 e. The molecule has 2 fully saturated rings. The quantitative estimate of drug-likeness (QED) is 0.320. The molecular formula is C21H31KN4O4S. The number of hydrogen-bond acceptors (Lipinski definition) is 7. The Hall–Kier alpha value is -0.174. The molecule has 2 aliphatic rings. The van der Waals surface area contributed by atoms with Gasteiger partial charge in [0.25, 0.3) is 0 Å². The Morgan fingerprint density at radius 3 is 2.84 bits per heavy atom. The molecule has 0 aromatic carbocycles. The van der Waals surface area contributed by atoms with Crippen LogP contribution in [0.2, 0.25) is 0 Å². The summed E-state index contributed by atoms with van der Waals surface area (Å²) in [6.45, 7) is 6.17. The second-order valence-electron chi connectivity index (χ2n) is 8.09. The van der Waals surface area contributed by atoms with Crippen LogP contribution in [0.25, 0.3) is 5.52 Å². The molecule has 2 aromatic rings. The van der Waals surface area contributed by atoms with Crippen molar-refractivity contribution in [3.05, 3.63) is 31.7 Å². The number of nitrogens with one attached hydrogen (secondary N) is 1. The summed E-state index contributed by atoms with van der Waals surface area (Å²) >= 11 is 1.55. The van der Waals surface area contributed by atoms with Gasteiger partial charge in [-0.25, -0.2) is 9.78 Å². The van der Waals surface area contributed by atoms with Crippen molar-refractivity contribution in [1.29, 1.82) is 0 Å². The van der Waals surface area contributed by atoms with Crippen LogP contribution in [0, 0.1) is 7.43 Å². The fourth-order valence-corrected chi connectivity index (χ4v) is 4.55. The second-order valence-corrected chi connectivity index (χ2v) is 8.97. The van der Waals surface area contributed by atoms with Crippen molar-refractivity contribution >= 4 is 29.1 Å². The maximum atomic E-state index is 11.7. The first-order valence-electron chi connectivity index (χ1n) is 9.99. The number of hydrogen-bond donors (Lipinski definition) is 2. The van der Waals surface area contributed by atoms with Gasteiger partial charge in [0.05, 0.1) is 42.8 Å². The zero-order chi connectivity index (χ0) is 20.6. The van der Waals surface area contributed by atoms with E-state index in [1.54, 1.807) is 29.7 Å². The number of carboxylic acid groups (broad SMARTS) is 1. The molecule has 3 heterocycles. The Bertz CT molecular complexity index is 905. The van der Waals surface area contributed by atoms with Gasteiger partial charge in [-0.3, -0.25) is 9.12 Å². The molecule has 2 aromatic heterocycles. The van der Waals surface area contributed by atoms with Crippen LogP contribution in [0.3, 0.4) is 0 Å². The van der Waals surface area contributed by atoms with E-state index in [1.807, 2.05) is 6.20 Å². The molecule has 0 spiro atoms. The van der Waals surface area contributed by atoms with E-state index in [0.717, 1.165) is 35.4 Å². The Balaban J connectivity index is 0.00000171. The molecule has 1 aliphatic carbocycles. The van der Waals surface area contributed by atoms with Gasteiger partial charge in [-0.05, 0) is 44.2 Å². The predicted molar refractivity (Wildman–Crippen MR) is 118 cm³/mol. The summed E-state index contributed by atoms with van der Waals surface area (Å²) in [6, 6.07) is 2.34. The Morgan fingerprint density at radius 2 is 2.23 bits per heavy atom. The summed E-state index contributed by atoms with van der Waals surface area (Å²) in [5, 5.41) is 9.59. The first-order valence-corrected chi connectivity index (χ1v) is 10.8. The molecule has 2 unspecified atom stereocenters. The summed E-state index contributed by atoms with van der Waals surface area (Å²) < 4.78 is 16.5. The summed E-state index contributed by atoms with van der Waals surface area (Å²) in [4.78, 5) is 19.2. The third-order valence-electron chi connectivity index (χ3n) is 5.70. The van der Waals surface area contributed by atoms with Crippen LogP contribution in [0.15, 0.2) is 23.4 Å². The third kappa shape index (κ3) is 6.04. The first kappa shape index (κ1) is 27.1. The van der Waals surface area contributed by atoms with Gasteiger partial charge in [-0.2, -0.15) is 0 Å². The Kier molecular flexibility index (Phi) is 9.87. The van der Waals surface area contributed by atoms with Crippen molar-refractivity contribution in [1.82, 2.24) is 14.1 Å². The van der Waals surface area contributed by atoms with Crippen LogP contribution in [-0.2, 0) is 9.47 Å². The van der Waals surface area contributed by atoms with E-state index in [2.05, 4.69) is 34.5 Å². The molecule has 10 heteroatoms. The van der Waals surface area contributed by atoms with Crippen LogP contribution in [0.5, 0.6) is 0 Å². The molecule has 2 atom stereocenters. The van der Waals surface area contributed by atoms with Gasteiger partial charge < -0.3 is 26.9 Å². The zero-order valence-electron chi connectivity index (χ0n) is 19.1. The summed E-state index contributed by atoms with van der Waals surface area (Å²) in [6.07, 6.45) is 6.72. The van der Waals surface area contributed by atoms with E-state index in [-0.39, 0.29) is 82.3 Å². The fourth-order valence-electron chi connectivity index (χ4n) is 3.65. The molecule has 0 bridgehead atoms. The molecule has 4 rings (SSSR count). The van der Waals surface area contributed by atoms with Gasteiger partial charge in [-0.15, -0.1) is 0 Å². The predicted octanol–water partition coefficient (Wildman–Crippen LogP) is 0.266. The standard InChI is InChI=1S/C20H28N4O4S.CH3.K/c1-4-13-11-28-14(12-27-3)9-23(13)16-7-15(29-22-20(2)5-6-20)10-24-17(16)8-21-18(24)19(25)26;;/h7-8,10,13-14,22H,4-6,9,11-12H2,1-3H3,(H,25,26);1H3;/q;-1;+1. The SMILES string of the molecule is CCC1COC(COC)CN1c1cc(SNC2(C)CC2)cn2c(C(=O)O)ncc12.[CH3-].[K+]. The Morgan fingerprint density at radius 1 is 1.48 bits per heavy atom. The maximum Gasteiger partial charge on any atom is 1.00 e. The van der Waals surface area contributed by atoms with E-state index >= 15 is 0 Å². The Labute approximate surface area is 231 Å². The van der Waals surface area contributed by atoms with Gasteiger partial charge in [0.15, 0.2) is 0 Å². The number of aromatic nitrogens is 2. The van der Waals surface area contributed by atoms with Crippen molar-refractivity contribution in [3.8, 4) is 0 Å². The summed E-state index contributed by atoms with van der Waals surface area (Å²) in [7, 11) is 1.68. The molecule has 1 aliphatic heterocycles. The number of imidazole rings is 1. The topological polar surface area (TPSA) is 88.3 Å². The van der Waals surface area contributed by atoms with E-state index in [9.17, 15) is 9.90 Å². The number of pyridine rings is 1. The van der Waals surface area contributed by atoms with Gasteiger partial charge in [0.1, 0.15) is 0 Å². The summed E-state index contributed by atoms with van der Waals surface area (Å²) in [5.41, 5.74) is 1.94. The van der Waals surface area contributed by atoms with Gasteiger partial charge in [0, 0.05) is 30.3 Å². The van der Waals surface area contributed by atoms with Gasteiger partial charge in [0.2, 0.25) is 5.82 Å². The van der Waals surface area contributed by atoms with Crippen LogP contribution in [-0.4, -0.2) is 65.0 Å². The third-order valence-corrected chi connectivity index (χ3v) is 6.75. The number of nitrogens with zero attached hydrogens (tertiary/aromatic N) is 3. The minimum Gasteiger partial charge on any atom is -0.475 e. The molecule has 0 radical (unpaired) electrons. The van der Waals surface area contributed by atoms with Crippen LogP contribution >= 0.6 is 11.9 Å². The van der Waals surface area contributed by atoms with E-state index < -0.39 is 5.97 Å². The van der Waals surface area contributed by atoms with Gasteiger partial charge >= 0.3 is 57.4 Å². The minimum atomic E-state index is -1.04. The number of carbonyl (C=O) groups is 1. The molecule has 2 N–H and O–H groups in total. The van der Waals surface area contributed by atoms with Crippen LogP contribution in [0.1, 0.15) is 43.7 Å². The zero-order valence-corrected chi connectivity index (χ0v) is 23.0. The number of carboxylic acids is 1. The van der Waals surface area contributed by atoms with Crippen LogP contribution < -0.4 is 61.0 Å². The van der Waals surface area contributed by atoms with Crippen molar-refractivity contribution < 1.29 is 70.8 Å². The molecule has 31 heavy (non-hydrogen) atoms. The van der Waals surface area contributed by atoms with Crippen molar-refractivity contribution in [2.24, 2.45) is 0 Å². The minimum absolute atomic E-state index is 0. The van der Waals surface area contributed by atoms with E-state index in [0.29, 0.717) is 19.8 Å². The monoisotopic (exact) mass is 474 g/mol. The number of fused-ring (bicyclic) bond motifs is 1. The summed E-state index contributed by atoms with van der Waals surface area (Å²) in [5.74, 6) is -1.01. The number of aromatic carboxylic acids is 1. The van der Waals surface area contributed by atoms with E-state index in [1.165, 1.54) is 0 Å². The van der Waals surface area contributed by atoms with Crippen molar-refractivity contribution in [3.63, 3.8) is 0 Å². The second kappa shape index (κ2) is 11.3. The molecule has 1 saturated carbocycles. The maximum absolute atomic E-state index is 11.7. The van der Waals surface area contributed by atoms with Crippen LogP contribution in [0.4, 0.5) is 5.69 Å². The van der Waals surface area contributed by atoms with E-state index in [4.69, 9.17) is 9.47 Å². The van der Waals surface area contributed by atoms with Gasteiger partial charge in [-0.1, -0.05) is 6.92 Å². The molecule has 1 saturated heterocycles. The number of methoxy groups -OCH3 is 1. The average molecular weight is 475 g/mol. The normalized spacial score (nSPS) is 22.0. The van der Waals surface area contributed by atoms with Crippen molar-refractivity contribution in [2.45, 2.75) is 55.7 Å². The number of morpholine rings is 1. The first-order chi connectivity index (χ1) is 13.9. The molecule has 8 nitrogen and oxygen atoms in total. The molecular weight excluding hydrogens is 443 g/mol. The number of anilines is 1. The number of ether oxygens (including phenoxy) is 2. The average Bonchev–Trinajstić information content (AvgIpc) is 3.29. The molecule has 166 valence electrons. The largest absolute Gasteiger partial charge is 1.00 e.